The van der Waals surface area contributed by atoms with Crippen LogP contribution in [-0.2, 0) is 6.54 Å². The fraction of sp³-hybridized carbons (Fsp3) is 0.625. The van der Waals surface area contributed by atoms with E-state index in [0.717, 1.165) is 36.7 Å². The Bertz CT molecular complexity index is 612. The first kappa shape index (κ1) is 13.6. The van der Waals surface area contributed by atoms with Gasteiger partial charge in [0.05, 0.1) is 0 Å². The number of hydrogen-bond acceptors (Lipinski definition) is 4. The van der Waals surface area contributed by atoms with Crippen molar-refractivity contribution in [1.29, 1.82) is 0 Å². The summed E-state index contributed by atoms with van der Waals surface area (Å²) in [6, 6.07) is 4.10. The average Bonchev–Trinajstić information content (AvgIpc) is 3.16. The Hall–Kier alpha value is -1.07. The van der Waals surface area contributed by atoms with Gasteiger partial charge in [0.25, 0.3) is 0 Å². The van der Waals surface area contributed by atoms with Crippen LogP contribution in [0, 0.1) is 5.92 Å². The van der Waals surface area contributed by atoms with Crippen LogP contribution in [0.25, 0.3) is 11.2 Å². The fourth-order valence-electron chi connectivity index (χ4n) is 3.53. The van der Waals surface area contributed by atoms with E-state index in [9.17, 15) is 0 Å². The van der Waals surface area contributed by atoms with Gasteiger partial charge in [-0.25, -0.2) is 9.97 Å². The van der Waals surface area contributed by atoms with Gasteiger partial charge in [-0.15, -0.1) is 0 Å². The Labute approximate surface area is 129 Å². The molecule has 21 heavy (non-hydrogen) atoms. The van der Waals surface area contributed by atoms with Gasteiger partial charge in [-0.3, -0.25) is 0 Å². The highest BCUT2D eigenvalue weighted by Gasteiger charge is 2.26. The number of pyridine rings is 1. The molecule has 2 aromatic rings. The number of imidazole rings is 1. The second-order valence-electron chi connectivity index (χ2n) is 6.18. The van der Waals surface area contributed by atoms with Crippen LogP contribution < -0.4 is 5.32 Å². The summed E-state index contributed by atoms with van der Waals surface area (Å²) >= 11 is 2.06. The molecule has 0 spiro atoms. The summed E-state index contributed by atoms with van der Waals surface area (Å²) in [5.41, 5.74) is 2.15. The van der Waals surface area contributed by atoms with Gasteiger partial charge in [-0.05, 0) is 56.2 Å². The topological polar surface area (TPSA) is 42.7 Å². The zero-order valence-electron chi connectivity index (χ0n) is 12.3. The largest absolute Gasteiger partial charge is 0.317 e. The molecule has 2 aromatic heterocycles. The van der Waals surface area contributed by atoms with Crippen molar-refractivity contribution in [1.82, 2.24) is 19.9 Å². The summed E-state index contributed by atoms with van der Waals surface area (Å²) in [4.78, 5) is 9.55. The summed E-state index contributed by atoms with van der Waals surface area (Å²) in [6.45, 7) is 3.39. The highest BCUT2D eigenvalue weighted by Crippen LogP contribution is 2.34. The molecule has 0 saturated carbocycles. The molecule has 0 aliphatic carbocycles. The van der Waals surface area contributed by atoms with Crippen molar-refractivity contribution >= 4 is 22.9 Å². The molecule has 0 amide bonds. The van der Waals surface area contributed by atoms with Gasteiger partial charge >= 0.3 is 0 Å². The number of aromatic nitrogens is 3. The maximum atomic E-state index is 4.93. The second-order valence-corrected chi connectivity index (χ2v) is 7.33. The number of nitrogens with one attached hydrogen (secondary N) is 1. The minimum Gasteiger partial charge on any atom is -0.317 e. The summed E-state index contributed by atoms with van der Waals surface area (Å²) in [6.07, 6.45) is 5.70. The molecule has 2 saturated heterocycles. The molecule has 5 heteroatoms. The highest BCUT2D eigenvalue weighted by molar-refractivity contribution is 7.99. The molecule has 0 aromatic carbocycles. The van der Waals surface area contributed by atoms with Crippen LogP contribution in [0.2, 0.25) is 0 Å². The lowest BCUT2D eigenvalue weighted by atomic mass is 9.97. The Morgan fingerprint density at radius 1 is 1.29 bits per heavy atom. The zero-order chi connectivity index (χ0) is 14.1. The lowest BCUT2D eigenvalue weighted by Gasteiger charge is -2.24. The van der Waals surface area contributed by atoms with Gasteiger partial charge in [-0.2, -0.15) is 11.8 Å². The normalized spacial score (nSPS) is 23.9. The van der Waals surface area contributed by atoms with E-state index in [1.165, 1.54) is 36.6 Å². The highest BCUT2D eigenvalue weighted by atomic mass is 32.2. The minimum atomic E-state index is 0.617. The number of piperidine rings is 1. The molecule has 4 rings (SSSR count). The number of rotatable bonds is 3. The predicted octanol–water partition coefficient (Wildman–Crippen LogP) is 2.65. The Balaban J connectivity index is 1.70. The van der Waals surface area contributed by atoms with E-state index in [-0.39, 0.29) is 0 Å². The van der Waals surface area contributed by atoms with Crippen LogP contribution in [0.3, 0.4) is 0 Å². The van der Waals surface area contributed by atoms with E-state index in [1.807, 2.05) is 12.3 Å². The molecule has 0 radical (unpaired) electrons. The van der Waals surface area contributed by atoms with Gasteiger partial charge in [0.1, 0.15) is 11.3 Å². The van der Waals surface area contributed by atoms with Crippen molar-refractivity contribution in [3.63, 3.8) is 0 Å². The van der Waals surface area contributed by atoms with Crippen LogP contribution in [0.15, 0.2) is 18.3 Å². The third kappa shape index (κ3) is 2.69. The molecule has 1 atom stereocenters. The standard InChI is InChI=1S/C16H22N4S/c1-2-14-16(18-6-1)20(10-12-3-7-17-8-4-12)15(19-14)13-5-9-21-11-13/h1-2,6,12-13,17H,3-5,7-11H2. The van der Waals surface area contributed by atoms with Gasteiger partial charge < -0.3 is 9.88 Å². The quantitative estimate of drug-likeness (QED) is 0.946. The first-order valence-electron chi connectivity index (χ1n) is 8.01. The Morgan fingerprint density at radius 3 is 3.00 bits per heavy atom. The smallest absolute Gasteiger partial charge is 0.160 e. The first-order chi connectivity index (χ1) is 10.4. The predicted molar refractivity (Wildman–Crippen MR) is 87.8 cm³/mol. The van der Waals surface area contributed by atoms with Crippen molar-refractivity contribution in [3.05, 3.63) is 24.2 Å². The van der Waals surface area contributed by atoms with E-state index < -0.39 is 0 Å². The van der Waals surface area contributed by atoms with Crippen molar-refractivity contribution in [2.75, 3.05) is 24.6 Å². The molecule has 1 unspecified atom stereocenters. The monoisotopic (exact) mass is 302 g/mol. The first-order valence-corrected chi connectivity index (χ1v) is 9.17. The van der Waals surface area contributed by atoms with Gasteiger partial charge in [0.2, 0.25) is 0 Å². The van der Waals surface area contributed by atoms with E-state index in [1.54, 1.807) is 0 Å². The number of fused-ring (bicyclic) bond motifs is 1. The number of hydrogen-bond donors (Lipinski definition) is 1. The molecule has 112 valence electrons. The van der Waals surface area contributed by atoms with Crippen molar-refractivity contribution in [2.24, 2.45) is 5.92 Å². The van der Waals surface area contributed by atoms with Crippen LogP contribution >= 0.6 is 11.8 Å². The summed E-state index contributed by atoms with van der Waals surface area (Å²) in [5.74, 6) is 5.15. The van der Waals surface area contributed by atoms with Crippen molar-refractivity contribution in [2.45, 2.75) is 31.7 Å². The molecule has 4 heterocycles. The van der Waals surface area contributed by atoms with Gasteiger partial charge in [-0.1, -0.05) is 0 Å². The SMILES string of the molecule is c1cnc2c(c1)nc(C1CCSC1)n2CC1CCNCC1. The zero-order valence-corrected chi connectivity index (χ0v) is 13.1. The maximum Gasteiger partial charge on any atom is 0.160 e. The van der Waals surface area contributed by atoms with Crippen molar-refractivity contribution in [3.8, 4) is 0 Å². The van der Waals surface area contributed by atoms with Gasteiger partial charge in [0.15, 0.2) is 5.65 Å². The van der Waals surface area contributed by atoms with E-state index in [0.29, 0.717) is 5.92 Å². The third-order valence-corrected chi connectivity index (χ3v) is 5.89. The van der Waals surface area contributed by atoms with E-state index in [4.69, 9.17) is 4.98 Å². The molecular weight excluding hydrogens is 280 g/mol. The Kier molecular flexibility index (Phi) is 3.86. The summed E-state index contributed by atoms with van der Waals surface area (Å²) in [7, 11) is 0. The third-order valence-electron chi connectivity index (χ3n) is 4.73. The average molecular weight is 302 g/mol. The molecule has 0 bridgehead atoms. The molecule has 1 N–H and O–H groups in total. The number of thioether (sulfide) groups is 1. The maximum absolute atomic E-state index is 4.93. The summed E-state index contributed by atoms with van der Waals surface area (Å²) in [5, 5.41) is 3.46. The van der Waals surface area contributed by atoms with Crippen LogP contribution in [-0.4, -0.2) is 39.1 Å². The van der Waals surface area contributed by atoms with Crippen LogP contribution in [0.5, 0.6) is 0 Å². The van der Waals surface area contributed by atoms with Crippen LogP contribution in [0.4, 0.5) is 0 Å². The molecule has 2 aliphatic heterocycles. The summed E-state index contributed by atoms with van der Waals surface area (Å²) < 4.78 is 2.43. The number of nitrogens with zero attached hydrogens (tertiary/aromatic N) is 3. The molecule has 2 aliphatic rings. The Morgan fingerprint density at radius 2 is 2.19 bits per heavy atom. The molecule has 2 fully saturated rings. The van der Waals surface area contributed by atoms with E-state index >= 15 is 0 Å². The lowest BCUT2D eigenvalue weighted by molar-refractivity contribution is 0.330. The van der Waals surface area contributed by atoms with Gasteiger partial charge in [0, 0.05) is 24.4 Å². The fourth-order valence-corrected chi connectivity index (χ4v) is 4.75. The second kappa shape index (κ2) is 5.97. The van der Waals surface area contributed by atoms with E-state index in [2.05, 4.69) is 32.7 Å². The molecule has 4 nitrogen and oxygen atoms in total. The lowest BCUT2D eigenvalue weighted by Crippen LogP contribution is -2.30. The van der Waals surface area contributed by atoms with Crippen LogP contribution in [0.1, 0.15) is 31.0 Å². The molecular formula is C16H22N4S. The minimum absolute atomic E-state index is 0.617. The van der Waals surface area contributed by atoms with Crippen molar-refractivity contribution < 1.29 is 0 Å².